The molecule has 1 aromatic carbocycles. The van der Waals surface area contributed by atoms with E-state index in [2.05, 4.69) is 45.0 Å². The fourth-order valence-electron chi connectivity index (χ4n) is 2.47. The predicted octanol–water partition coefficient (Wildman–Crippen LogP) is 4.04. The van der Waals surface area contributed by atoms with Gasteiger partial charge in [0.15, 0.2) is 0 Å². The molecule has 1 aliphatic carbocycles. The first-order valence-electron chi connectivity index (χ1n) is 7.32. The minimum atomic E-state index is 0.257. The Bertz CT molecular complexity index is 368. The van der Waals surface area contributed by atoms with Crippen molar-refractivity contribution in [3.8, 4) is 0 Å². The molecule has 0 amide bonds. The van der Waals surface area contributed by atoms with E-state index in [1.165, 1.54) is 43.2 Å². The fourth-order valence-corrected chi connectivity index (χ4v) is 2.47. The second kappa shape index (κ2) is 5.44. The second-order valence-electron chi connectivity index (χ2n) is 6.84. The minimum Gasteiger partial charge on any atom is -0.327 e. The first-order valence-corrected chi connectivity index (χ1v) is 7.32. The summed E-state index contributed by atoms with van der Waals surface area (Å²) in [4.78, 5) is 0. The van der Waals surface area contributed by atoms with Crippen molar-refractivity contribution in [2.24, 2.45) is 11.7 Å². The Morgan fingerprint density at radius 2 is 1.78 bits per heavy atom. The maximum Gasteiger partial charge on any atom is 0.00672 e. The monoisotopic (exact) mass is 245 g/mol. The number of aryl methyl sites for hydroxylation is 1. The summed E-state index contributed by atoms with van der Waals surface area (Å²) in [5.41, 5.74) is 9.25. The Labute approximate surface area is 112 Å². The third kappa shape index (κ3) is 3.84. The maximum atomic E-state index is 6.12. The highest BCUT2D eigenvalue weighted by Crippen LogP contribution is 2.33. The molecule has 0 radical (unpaired) electrons. The van der Waals surface area contributed by atoms with Crippen LogP contribution < -0.4 is 5.73 Å². The van der Waals surface area contributed by atoms with E-state index in [1.807, 2.05) is 0 Å². The molecule has 1 heteroatoms. The van der Waals surface area contributed by atoms with E-state index in [4.69, 9.17) is 5.73 Å². The van der Waals surface area contributed by atoms with Crippen LogP contribution in [0.4, 0.5) is 0 Å². The summed E-state index contributed by atoms with van der Waals surface area (Å²) in [5, 5.41) is 0. The lowest BCUT2D eigenvalue weighted by Crippen LogP contribution is -2.22. The van der Waals surface area contributed by atoms with Gasteiger partial charge in [-0.1, -0.05) is 45.0 Å². The molecule has 1 unspecified atom stereocenters. The van der Waals surface area contributed by atoms with Crippen LogP contribution in [0.5, 0.6) is 0 Å². The standard InChI is InChI=1S/C17H27N/c1-17(2,3)15-11-7-13(8-12-15)5-4-6-16(18)14-9-10-14/h7-8,11-12,14,16H,4-6,9-10,18H2,1-3H3. The topological polar surface area (TPSA) is 26.0 Å². The van der Waals surface area contributed by atoms with Gasteiger partial charge in [-0.25, -0.2) is 0 Å². The minimum absolute atomic E-state index is 0.257. The zero-order chi connectivity index (χ0) is 13.2. The zero-order valence-electron chi connectivity index (χ0n) is 12.1. The summed E-state index contributed by atoms with van der Waals surface area (Å²) >= 11 is 0. The molecule has 0 spiro atoms. The van der Waals surface area contributed by atoms with Gasteiger partial charge in [0.05, 0.1) is 0 Å². The highest BCUT2D eigenvalue weighted by molar-refractivity contribution is 5.27. The van der Waals surface area contributed by atoms with Gasteiger partial charge in [-0.3, -0.25) is 0 Å². The average molecular weight is 245 g/mol. The van der Waals surface area contributed by atoms with Gasteiger partial charge in [0, 0.05) is 6.04 Å². The molecule has 0 aliphatic heterocycles. The molecule has 100 valence electrons. The molecule has 2 N–H and O–H groups in total. The van der Waals surface area contributed by atoms with Crippen LogP contribution in [-0.4, -0.2) is 6.04 Å². The van der Waals surface area contributed by atoms with Crippen molar-refractivity contribution < 1.29 is 0 Å². The molecule has 2 rings (SSSR count). The Kier molecular flexibility index (Phi) is 4.11. The number of nitrogens with two attached hydrogens (primary N) is 1. The van der Waals surface area contributed by atoms with Crippen molar-refractivity contribution in [3.63, 3.8) is 0 Å². The smallest absolute Gasteiger partial charge is 0.00672 e. The van der Waals surface area contributed by atoms with E-state index in [-0.39, 0.29) is 5.41 Å². The fraction of sp³-hybridized carbons (Fsp3) is 0.647. The molecule has 1 nitrogen and oxygen atoms in total. The first kappa shape index (κ1) is 13.6. The van der Waals surface area contributed by atoms with Crippen molar-refractivity contribution in [3.05, 3.63) is 35.4 Å². The SMILES string of the molecule is CC(C)(C)c1ccc(CCCC(N)C2CC2)cc1. The molecule has 1 aliphatic rings. The summed E-state index contributed by atoms with van der Waals surface area (Å²) < 4.78 is 0. The molecule has 1 aromatic rings. The largest absolute Gasteiger partial charge is 0.327 e. The van der Waals surface area contributed by atoms with Crippen LogP contribution in [0.3, 0.4) is 0 Å². The number of benzene rings is 1. The summed E-state index contributed by atoms with van der Waals surface area (Å²) in [5.74, 6) is 0.841. The van der Waals surface area contributed by atoms with Gasteiger partial charge in [0.25, 0.3) is 0 Å². The number of rotatable bonds is 5. The van der Waals surface area contributed by atoms with Gasteiger partial charge in [-0.15, -0.1) is 0 Å². The molecule has 1 atom stereocenters. The molecule has 1 saturated carbocycles. The Hall–Kier alpha value is -0.820. The van der Waals surface area contributed by atoms with Gasteiger partial charge in [0.1, 0.15) is 0 Å². The zero-order valence-corrected chi connectivity index (χ0v) is 12.1. The van der Waals surface area contributed by atoms with Crippen molar-refractivity contribution in [2.75, 3.05) is 0 Å². The number of hydrogen-bond acceptors (Lipinski definition) is 1. The summed E-state index contributed by atoms with van der Waals surface area (Å²) in [6, 6.07) is 9.57. The first-order chi connectivity index (χ1) is 8.47. The van der Waals surface area contributed by atoms with Crippen LogP contribution in [0.2, 0.25) is 0 Å². The van der Waals surface area contributed by atoms with E-state index >= 15 is 0 Å². The van der Waals surface area contributed by atoms with Crippen LogP contribution in [0.1, 0.15) is 57.6 Å². The van der Waals surface area contributed by atoms with Crippen LogP contribution in [0.25, 0.3) is 0 Å². The van der Waals surface area contributed by atoms with E-state index < -0.39 is 0 Å². The predicted molar refractivity (Wildman–Crippen MR) is 78.8 cm³/mol. The Balaban J connectivity index is 1.79. The average Bonchev–Trinajstić information content (AvgIpc) is 3.12. The molecular weight excluding hydrogens is 218 g/mol. The van der Waals surface area contributed by atoms with Gasteiger partial charge in [-0.2, -0.15) is 0 Å². The number of hydrogen-bond donors (Lipinski definition) is 1. The van der Waals surface area contributed by atoms with E-state index in [0.717, 1.165) is 5.92 Å². The lowest BCUT2D eigenvalue weighted by atomic mass is 9.86. The third-order valence-electron chi connectivity index (χ3n) is 4.05. The van der Waals surface area contributed by atoms with Crippen molar-refractivity contribution >= 4 is 0 Å². The summed E-state index contributed by atoms with van der Waals surface area (Å²) in [6.45, 7) is 6.78. The van der Waals surface area contributed by atoms with E-state index in [1.54, 1.807) is 0 Å². The second-order valence-corrected chi connectivity index (χ2v) is 6.84. The van der Waals surface area contributed by atoms with Crippen LogP contribution in [0, 0.1) is 5.92 Å². The molecular formula is C17H27N. The van der Waals surface area contributed by atoms with Gasteiger partial charge in [0.2, 0.25) is 0 Å². The Morgan fingerprint density at radius 3 is 2.28 bits per heavy atom. The van der Waals surface area contributed by atoms with Crippen molar-refractivity contribution in [1.29, 1.82) is 0 Å². The normalized spacial score (nSPS) is 17.8. The van der Waals surface area contributed by atoms with Crippen LogP contribution >= 0.6 is 0 Å². The molecule has 18 heavy (non-hydrogen) atoms. The maximum absolute atomic E-state index is 6.12. The molecule has 0 heterocycles. The van der Waals surface area contributed by atoms with E-state index in [9.17, 15) is 0 Å². The highest BCUT2D eigenvalue weighted by atomic mass is 14.7. The molecule has 0 saturated heterocycles. The van der Waals surface area contributed by atoms with Gasteiger partial charge < -0.3 is 5.73 Å². The summed E-state index contributed by atoms with van der Waals surface area (Å²) in [6.07, 6.45) is 6.31. The third-order valence-corrected chi connectivity index (χ3v) is 4.05. The van der Waals surface area contributed by atoms with Gasteiger partial charge >= 0.3 is 0 Å². The lowest BCUT2D eigenvalue weighted by molar-refractivity contribution is 0.528. The molecule has 0 aromatic heterocycles. The van der Waals surface area contributed by atoms with Crippen LogP contribution in [-0.2, 0) is 11.8 Å². The molecule has 1 fully saturated rings. The summed E-state index contributed by atoms with van der Waals surface area (Å²) in [7, 11) is 0. The quantitative estimate of drug-likeness (QED) is 0.832. The Morgan fingerprint density at radius 1 is 1.17 bits per heavy atom. The lowest BCUT2D eigenvalue weighted by Gasteiger charge is -2.19. The van der Waals surface area contributed by atoms with Crippen molar-refractivity contribution in [2.45, 2.75) is 64.3 Å². The van der Waals surface area contributed by atoms with Crippen LogP contribution in [0.15, 0.2) is 24.3 Å². The highest BCUT2D eigenvalue weighted by Gasteiger charge is 2.27. The van der Waals surface area contributed by atoms with E-state index in [0.29, 0.717) is 6.04 Å². The van der Waals surface area contributed by atoms with Gasteiger partial charge in [-0.05, 0) is 54.6 Å². The van der Waals surface area contributed by atoms with Crippen molar-refractivity contribution in [1.82, 2.24) is 0 Å². The molecule has 0 bridgehead atoms.